The summed E-state index contributed by atoms with van der Waals surface area (Å²) >= 11 is 0. The molecule has 1 aromatic carbocycles. The summed E-state index contributed by atoms with van der Waals surface area (Å²) in [7, 11) is 1.91. The molecule has 0 aliphatic carbocycles. The van der Waals surface area contributed by atoms with Gasteiger partial charge in [-0.15, -0.1) is 0 Å². The Morgan fingerprint density at radius 1 is 1.31 bits per heavy atom. The molecule has 0 spiro atoms. The van der Waals surface area contributed by atoms with Gasteiger partial charge in [0.2, 0.25) is 0 Å². The number of nitrogens with two attached hydrogens (primary N) is 1. The first kappa shape index (κ1) is 13.0. The molecule has 90 valence electrons. The molecule has 0 heterocycles. The van der Waals surface area contributed by atoms with E-state index in [1.165, 1.54) is 6.07 Å². The summed E-state index contributed by atoms with van der Waals surface area (Å²) < 4.78 is 13.8. The molecule has 0 aliphatic rings. The molecule has 2 nitrogen and oxygen atoms in total. The molecule has 1 aromatic rings. The summed E-state index contributed by atoms with van der Waals surface area (Å²) in [6, 6.07) is 5.49. The van der Waals surface area contributed by atoms with Gasteiger partial charge in [0.25, 0.3) is 0 Å². The minimum Gasteiger partial charge on any atom is -0.370 e. The van der Waals surface area contributed by atoms with E-state index in [-0.39, 0.29) is 17.9 Å². The quantitative estimate of drug-likeness (QED) is 0.851. The van der Waals surface area contributed by atoms with Crippen molar-refractivity contribution in [2.45, 2.75) is 39.3 Å². The molecule has 1 atom stereocenters. The summed E-state index contributed by atoms with van der Waals surface area (Å²) in [4.78, 5) is 1.95. The summed E-state index contributed by atoms with van der Waals surface area (Å²) in [5.74, 6) is -0.172. The molecule has 2 N–H and O–H groups in total. The first-order chi connectivity index (χ1) is 7.43. The molecule has 0 radical (unpaired) electrons. The number of anilines is 1. The third kappa shape index (κ3) is 2.95. The van der Waals surface area contributed by atoms with E-state index in [0.717, 1.165) is 5.56 Å². The molecular weight excluding hydrogens is 203 g/mol. The van der Waals surface area contributed by atoms with Crippen LogP contribution in [0.2, 0.25) is 0 Å². The second kappa shape index (κ2) is 5.30. The Labute approximate surface area is 97.3 Å². The highest BCUT2D eigenvalue weighted by Gasteiger charge is 2.15. The predicted octanol–water partition coefficient (Wildman–Crippen LogP) is 2.56. The van der Waals surface area contributed by atoms with Gasteiger partial charge in [0.05, 0.1) is 5.69 Å². The van der Waals surface area contributed by atoms with Crippen molar-refractivity contribution in [2.24, 2.45) is 5.73 Å². The fraction of sp³-hybridized carbons (Fsp3) is 0.538. The Balaban J connectivity index is 3.12. The van der Waals surface area contributed by atoms with Gasteiger partial charge in [0.15, 0.2) is 0 Å². The third-order valence-electron chi connectivity index (χ3n) is 2.74. The predicted molar refractivity (Wildman–Crippen MR) is 67.3 cm³/mol. The van der Waals surface area contributed by atoms with Crippen molar-refractivity contribution in [1.29, 1.82) is 0 Å². The normalized spacial score (nSPS) is 12.9. The summed E-state index contributed by atoms with van der Waals surface area (Å²) in [6.45, 7) is 6.02. The maximum atomic E-state index is 13.8. The van der Waals surface area contributed by atoms with Gasteiger partial charge in [-0.2, -0.15) is 0 Å². The van der Waals surface area contributed by atoms with E-state index in [1.807, 2.05) is 38.8 Å². The van der Waals surface area contributed by atoms with Gasteiger partial charge in [-0.1, -0.05) is 12.1 Å². The zero-order chi connectivity index (χ0) is 12.3. The highest BCUT2D eigenvalue weighted by atomic mass is 19.1. The van der Waals surface area contributed by atoms with Crippen LogP contribution in [0.25, 0.3) is 0 Å². The lowest BCUT2D eigenvalue weighted by atomic mass is 10.0. The van der Waals surface area contributed by atoms with Gasteiger partial charge >= 0.3 is 0 Å². The van der Waals surface area contributed by atoms with Crippen molar-refractivity contribution < 1.29 is 4.39 Å². The zero-order valence-electron chi connectivity index (χ0n) is 10.5. The average Bonchev–Trinajstić information content (AvgIpc) is 2.16. The van der Waals surface area contributed by atoms with Crippen LogP contribution in [0.4, 0.5) is 10.1 Å². The van der Waals surface area contributed by atoms with Crippen LogP contribution in [0.15, 0.2) is 18.2 Å². The maximum Gasteiger partial charge on any atom is 0.146 e. The topological polar surface area (TPSA) is 29.3 Å². The van der Waals surface area contributed by atoms with Crippen LogP contribution in [-0.4, -0.2) is 19.1 Å². The Morgan fingerprint density at radius 2 is 1.94 bits per heavy atom. The number of hydrogen-bond acceptors (Lipinski definition) is 2. The van der Waals surface area contributed by atoms with E-state index in [1.54, 1.807) is 6.07 Å². The molecule has 0 aromatic heterocycles. The number of rotatable bonds is 4. The summed E-state index contributed by atoms with van der Waals surface area (Å²) in [5, 5.41) is 0. The van der Waals surface area contributed by atoms with E-state index >= 15 is 0 Å². The van der Waals surface area contributed by atoms with Crippen LogP contribution >= 0.6 is 0 Å². The Morgan fingerprint density at radius 3 is 2.44 bits per heavy atom. The first-order valence-electron chi connectivity index (χ1n) is 5.69. The van der Waals surface area contributed by atoms with Gasteiger partial charge in [-0.25, -0.2) is 4.39 Å². The molecule has 0 bridgehead atoms. The van der Waals surface area contributed by atoms with E-state index in [2.05, 4.69) is 0 Å². The van der Waals surface area contributed by atoms with Gasteiger partial charge in [-0.05, 0) is 38.8 Å². The molecule has 16 heavy (non-hydrogen) atoms. The van der Waals surface area contributed by atoms with Crippen LogP contribution < -0.4 is 10.6 Å². The monoisotopic (exact) mass is 224 g/mol. The minimum absolute atomic E-state index is 0.0427. The molecule has 0 amide bonds. The second-order valence-corrected chi connectivity index (χ2v) is 4.63. The van der Waals surface area contributed by atoms with Gasteiger partial charge in [0.1, 0.15) is 5.82 Å². The largest absolute Gasteiger partial charge is 0.370 e. The molecular formula is C13H21FN2. The van der Waals surface area contributed by atoms with Crippen molar-refractivity contribution in [3.63, 3.8) is 0 Å². The smallest absolute Gasteiger partial charge is 0.146 e. The number of nitrogens with zero attached hydrogens (tertiary/aromatic N) is 1. The molecule has 0 fully saturated rings. The minimum atomic E-state index is -0.172. The van der Waals surface area contributed by atoms with Crippen molar-refractivity contribution in [1.82, 2.24) is 0 Å². The maximum absolute atomic E-state index is 13.8. The standard InChI is InChI=1S/C13H21FN2/c1-9(2)16(4)13-11(8-10(3)15)6-5-7-12(13)14/h5-7,9-10H,8,15H2,1-4H3. The van der Waals surface area contributed by atoms with E-state index in [4.69, 9.17) is 5.73 Å². The lowest BCUT2D eigenvalue weighted by molar-refractivity contribution is 0.607. The van der Waals surface area contributed by atoms with Crippen molar-refractivity contribution in [3.05, 3.63) is 29.6 Å². The Kier molecular flexibility index (Phi) is 4.30. The summed E-state index contributed by atoms with van der Waals surface area (Å²) in [6.07, 6.45) is 0.699. The van der Waals surface area contributed by atoms with Crippen molar-refractivity contribution in [2.75, 3.05) is 11.9 Å². The molecule has 0 saturated carbocycles. The van der Waals surface area contributed by atoms with Gasteiger partial charge in [0, 0.05) is 19.1 Å². The third-order valence-corrected chi connectivity index (χ3v) is 2.74. The first-order valence-corrected chi connectivity index (χ1v) is 5.69. The average molecular weight is 224 g/mol. The van der Waals surface area contributed by atoms with E-state index in [9.17, 15) is 4.39 Å². The van der Waals surface area contributed by atoms with Crippen molar-refractivity contribution in [3.8, 4) is 0 Å². The number of benzene rings is 1. The van der Waals surface area contributed by atoms with Gasteiger partial charge < -0.3 is 10.6 Å². The SMILES string of the molecule is CC(N)Cc1cccc(F)c1N(C)C(C)C. The van der Waals surface area contributed by atoms with E-state index < -0.39 is 0 Å². The molecule has 1 unspecified atom stereocenters. The Hall–Kier alpha value is -1.09. The molecule has 1 rings (SSSR count). The number of hydrogen-bond donors (Lipinski definition) is 1. The van der Waals surface area contributed by atoms with Crippen LogP contribution in [0.1, 0.15) is 26.3 Å². The highest BCUT2D eigenvalue weighted by molar-refractivity contribution is 5.55. The van der Waals surface area contributed by atoms with Crippen LogP contribution in [0.3, 0.4) is 0 Å². The number of halogens is 1. The fourth-order valence-corrected chi connectivity index (χ4v) is 1.72. The van der Waals surface area contributed by atoms with E-state index in [0.29, 0.717) is 12.1 Å². The zero-order valence-corrected chi connectivity index (χ0v) is 10.5. The fourth-order valence-electron chi connectivity index (χ4n) is 1.72. The molecule has 3 heteroatoms. The lowest BCUT2D eigenvalue weighted by Gasteiger charge is -2.27. The number of para-hydroxylation sites is 1. The lowest BCUT2D eigenvalue weighted by Crippen LogP contribution is -2.29. The Bertz CT molecular complexity index is 348. The van der Waals surface area contributed by atoms with Crippen LogP contribution in [0.5, 0.6) is 0 Å². The van der Waals surface area contributed by atoms with Crippen LogP contribution in [0, 0.1) is 5.82 Å². The summed E-state index contributed by atoms with van der Waals surface area (Å²) in [5.41, 5.74) is 7.43. The highest BCUT2D eigenvalue weighted by Crippen LogP contribution is 2.25. The second-order valence-electron chi connectivity index (χ2n) is 4.63. The van der Waals surface area contributed by atoms with Gasteiger partial charge in [-0.3, -0.25) is 0 Å². The van der Waals surface area contributed by atoms with Crippen LogP contribution in [-0.2, 0) is 6.42 Å². The van der Waals surface area contributed by atoms with Crippen molar-refractivity contribution >= 4 is 5.69 Å². The molecule has 0 aliphatic heterocycles. The molecule has 0 saturated heterocycles.